The highest BCUT2D eigenvalue weighted by atomic mass is 79.9. The third-order valence-corrected chi connectivity index (χ3v) is 5.14. The number of hydrogen-bond donors (Lipinski definition) is 1. The Morgan fingerprint density at radius 3 is 2.67 bits per heavy atom. The molecule has 128 valence electrons. The van der Waals surface area contributed by atoms with Crippen LogP contribution in [0.4, 0.5) is 0 Å². The van der Waals surface area contributed by atoms with Crippen molar-refractivity contribution in [3.05, 3.63) is 34.3 Å². The Morgan fingerprint density at radius 2 is 2.00 bits per heavy atom. The number of nitrogens with one attached hydrogen (secondary N) is 1. The Hall–Kier alpha value is -1.87. The minimum atomic E-state index is -0.0894. The van der Waals surface area contributed by atoms with Gasteiger partial charge in [-0.05, 0) is 36.8 Å². The molecule has 1 aliphatic rings. The molecule has 0 atom stereocenters. The highest BCUT2D eigenvalue weighted by molar-refractivity contribution is 9.10. The average Bonchev–Trinajstić information content (AvgIpc) is 2.60. The van der Waals surface area contributed by atoms with E-state index in [1.807, 2.05) is 30.3 Å². The molecule has 1 saturated heterocycles. The maximum atomic E-state index is 12.0. The van der Waals surface area contributed by atoms with E-state index in [9.17, 15) is 9.59 Å². The summed E-state index contributed by atoms with van der Waals surface area (Å²) in [5.41, 5.74) is 1.14. The number of halogens is 1. The Morgan fingerprint density at radius 1 is 1.29 bits per heavy atom. The van der Waals surface area contributed by atoms with Crippen LogP contribution in [-0.2, 0) is 16.0 Å². The quantitative estimate of drug-likeness (QED) is 0.809. The molecule has 6 heteroatoms. The Bertz CT molecular complexity index is 619. The van der Waals surface area contributed by atoms with Gasteiger partial charge in [0.25, 0.3) is 0 Å². The summed E-state index contributed by atoms with van der Waals surface area (Å²) in [6, 6.07) is 9.83. The van der Waals surface area contributed by atoms with Crippen molar-refractivity contribution < 1.29 is 9.59 Å². The van der Waals surface area contributed by atoms with Crippen LogP contribution in [0.2, 0.25) is 0 Å². The Labute approximate surface area is 151 Å². The molecule has 0 aromatic heterocycles. The standard InChI is InChI=1S/C18H22BrN3O2/c19-16-4-2-1-3-15(16)5-6-17(23)21-13-14-8-11-22(12-9-14)18(24)7-10-20/h1-4,14H,5-9,11-13H2,(H,21,23). The molecule has 0 radical (unpaired) electrons. The van der Waals surface area contributed by atoms with Crippen LogP contribution in [0.15, 0.2) is 28.7 Å². The molecule has 0 unspecified atom stereocenters. The minimum Gasteiger partial charge on any atom is -0.356 e. The molecule has 0 saturated carbocycles. The van der Waals surface area contributed by atoms with Crippen molar-refractivity contribution in [2.45, 2.75) is 32.1 Å². The predicted octanol–water partition coefficient (Wildman–Crippen LogP) is 2.65. The van der Waals surface area contributed by atoms with E-state index in [-0.39, 0.29) is 18.2 Å². The lowest BCUT2D eigenvalue weighted by Crippen LogP contribution is -2.41. The van der Waals surface area contributed by atoms with Crippen LogP contribution < -0.4 is 5.32 Å². The second kappa shape index (κ2) is 9.43. The molecule has 2 rings (SSSR count). The smallest absolute Gasteiger partial charge is 0.236 e. The average molecular weight is 392 g/mol. The summed E-state index contributed by atoms with van der Waals surface area (Å²) in [7, 11) is 0. The fourth-order valence-electron chi connectivity index (χ4n) is 2.86. The highest BCUT2D eigenvalue weighted by Gasteiger charge is 2.22. The number of aryl methyl sites for hydroxylation is 1. The molecule has 1 aliphatic heterocycles. The summed E-state index contributed by atoms with van der Waals surface area (Å²) in [4.78, 5) is 25.4. The molecule has 0 aliphatic carbocycles. The second-order valence-corrected chi connectivity index (χ2v) is 6.91. The number of nitrogens with zero attached hydrogens (tertiary/aromatic N) is 2. The normalized spacial score (nSPS) is 14.9. The van der Waals surface area contributed by atoms with Gasteiger partial charge in [-0.2, -0.15) is 5.26 Å². The molecular weight excluding hydrogens is 370 g/mol. The third kappa shape index (κ3) is 5.64. The molecule has 0 bridgehead atoms. The Balaban J connectivity index is 1.65. The number of nitriles is 1. The highest BCUT2D eigenvalue weighted by Crippen LogP contribution is 2.18. The fraction of sp³-hybridized carbons (Fsp3) is 0.500. The monoisotopic (exact) mass is 391 g/mol. The van der Waals surface area contributed by atoms with E-state index >= 15 is 0 Å². The third-order valence-electron chi connectivity index (χ3n) is 4.36. The summed E-state index contributed by atoms with van der Waals surface area (Å²) >= 11 is 3.49. The van der Waals surface area contributed by atoms with Crippen molar-refractivity contribution in [1.29, 1.82) is 5.26 Å². The van der Waals surface area contributed by atoms with Crippen LogP contribution in [0.1, 0.15) is 31.2 Å². The zero-order valence-corrected chi connectivity index (χ0v) is 15.2. The van der Waals surface area contributed by atoms with Crippen LogP contribution in [-0.4, -0.2) is 36.3 Å². The molecule has 1 fully saturated rings. The van der Waals surface area contributed by atoms with Gasteiger partial charge in [0.2, 0.25) is 11.8 Å². The van der Waals surface area contributed by atoms with Gasteiger partial charge in [-0.1, -0.05) is 34.1 Å². The summed E-state index contributed by atoms with van der Waals surface area (Å²) in [6.07, 6.45) is 2.90. The van der Waals surface area contributed by atoms with E-state index in [0.717, 1.165) is 22.9 Å². The zero-order valence-electron chi connectivity index (χ0n) is 13.6. The number of hydrogen-bond acceptors (Lipinski definition) is 3. The molecule has 24 heavy (non-hydrogen) atoms. The van der Waals surface area contributed by atoms with E-state index in [2.05, 4.69) is 21.2 Å². The molecule has 1 heterocycles. The maximum Gasteiger partial charge on any atom is 0.236 e. The lowest BCUT2D eigenvalue weighted by molar-refractivity contribution is -0.131. The Kier molecular flexibility index (Phi) is 7.26. The van der Waals surface area contributed by atoms with Gasteiger partial charge in [0.05, 0.1) is 6.07 Å². The lowest BCUT2D eigenvalue weighted by Gasteiger charge is -2.31. The topological polar surface area (TPSA) is 73.2 Å². The fourth-order valence-corrected chi connectivity index (χ4v) is 3.34. The van der Waals surface area contributed by atoms with Gasteiger partial charge in [0.1, 0.15) is 6.42 Å². The van der Waals surface area contributed by atoms with Crippen molar-refractivity contribution >= 4 is 27.7 Å². The summed E-state index contributed by atoms with van der Waals surface area (Å²) in [5, 5.41) is 11.6. The summed E-state index contributed by atoms with van der Waals surface area (Å²) < 4.78 is 1.03. The first kappa shape index (κ1) is 18.5. The van der Waals surface area contributed by atoms with E-state index in [0.29, 0.717) is 38.4 Å². The van der Waals surface area contributed by atoms with Crippen molar-refractivity contribution in [3.63, 3.8) is 0 Å². The van der Waals surface area contributed by atoms with E-state index in [4.69, 9.17) is 5.26 Å². The maximum absolute atomic E-state index is 12.0. The number of benzene rings is 1. The van der Waals surface area contributed by atoms with E-state index in [1.54, 1.807) is 4.90 Å². The molecular formula is C18H22BrN3O2. The molecule has 0 spiro atoms. The van der Waals surface area contributed by atoms with Crippen LogP contribution in [0.3, 0.4) is 0 Å². The minimum absolute atomic E-state index is 0.0452. The van der Waals surface area contributed by atoms with Crippen LogP contribution in [0, 0.1) is 17.2 Å². The summed E-state index contributed by atoms with van der Waals surface area (Å²) in [5.74, 6) is 0.380. The molecule has 5 nitrogen and oxygen atoms in total. The number of piperidine rings is 1. The van der Waals surface area contributed by atoms with Crippen LogP contribution >= 0.6 is 15.9 Å². The lowest BCUT2D eigenvalue weighted by atomic mass is 9.96. The molecule has 2 amide bonds. The van der Waals surface area contributed by atoms with Crippen LogP contribution in [0.5, 0.6) is 0 Å². The van der Waals surface area contributed by atoms with Gasteiger partial charge in [-0.3, -0.25) is 9.59 Å². The van der Waals surface area contributed by atoms with Gasteiger partial charge >= 0.3 is 0 Å². The zero-order chi connectivity index (χ0) is 17.4. The second-order valence-electron chi connectivity index (χ2n) is 6.05. The molecule has 1 N–H and O–H groups in total. The van der Waals surface area contributed by atoms with Gasteiger partial charge in [-0.15, -0.1) is 0 Å². The van der Waals surface area contributed by atoms with Crippen molar-refractivity contribution in [2.24, 2.45) is 5.92 Å². The van der Waals surface area contributed by atoms with Gasteiger partial charge < -0.3 is 10.2 Å². The van der Waals surface area contributed by atoms with E-state index < -0.39 is 0 Å². The number of carbonyl (C=O) groups is 2. The van der Waals surface area contributed by atoms with Gasteiger partial charge in [-0.25, -0.2) is 0 Å². The first-order valence-corrected chi connectivity index (χ1v) is 9.04. The first-order valence-electron chi connectivity index (χ1n) is 8.25. The largest absolute Gasteiger partial charge is 0.356 e. The van der Waals surface area contributed by atoms with Gasteiger partial charge in [0, 0.05) is 30.5 Å². The number of amides is 2. The number of likely N-dealkylation sites (tertiary alicyclic amines) is 1. The first-order chi connectivity index (χ1) is 11.6. The van der Waals surface area contributed by atoms with Crippen molar-refractivity contribution in [1.82, 2.24) is 10.2 Å². The van der Waals surface area contributed by atoms with Crippen molar-refractivity contribution in [2.75, 3.05) is 19.6 Å². The SMILES string of the molecule is N#CCC(=O)N1CCC(CNC(=O)CCc2ccccc2Br)CC1. The molecule has 1 aromatic rings. The van der Waals surface area contributed by atoms with Gasteiger partial charge in [0.15, 0.2) is 0 Å². The van der Waals surface area contributed by atoms with Crippen LogP contribution in [0.25, 0.3) is 0 Å². The van der Waals surface area contributed by atoms with E-state index in [1.165, 1.54) is 0 Å². The number of carbonyl (C=O) groups excluding carboxylic acids is 2. The molecule has 1 aromatic carbocycles. The van der Waals surface area contributed by atoms with Crippen molar-refractivity contribution in [3.8, 4) is 6.07 Å². The summed E-state index contributed by atoms with van der Waals surface area (Å²) in [6.45, 7) is 2.02. The predicted molar refractivity (Wildman–Crippen MR) is 95.0 cm³/mol. The number of rotatable bonds is 6.